The van der Waals surface area contributed by atoms with Crippen molar-refractivity contribution in [3.63, 3.8) is 0 Å². The number of hydrogen-bond donors (Lipinski definition) is 1. The van der Waals surface area contributed by atoms with Gasteiger partial charge in [0.15, 0.2) is 0 Å². The van der Waals surface area contributed by atoms with Gasteiger partial charge in [-0.2, -0.15) is 0 Å². The second kappa shape index (κ2) is 6.14. The third kappa shape index (κ3) is 3.12. The molecule has 2 rings (SSSR count). The van der Waals surface area contributed by atoms with Gasteiger partial charge in [0.05, 0.1) is 25.7 Å². The molecule has 0 bridgehead atoms. The van der Waals surface area contributed by atoms with Crippen LogP contribution in [0, 0.1) is 5.92 Å². The van der Waals surface area contributed by atoms with Gasteiger partial charge in [-0.25, -0.2) is 0 Å². The molecule has 2 atom stereocenters. The van der Waals surface area contributed by atoms with E-state index in [2.05, 4.69) is 27.3 Å². The summed E-state index contributed by atoms with van der Waals surface area (Å²) in [5.41, 5.74) is 0. The summed E-state index contributed by atoms with van der Waals surface area (Å²) in [6.45, 7) is 1.79. The predicted molar refractivity (Wildman–Crippen MR) is 75.6 cm³/mol. The summed E-state index contributed by atoms with van der Waals surface area (Å²) in [5.74, 6) is 0.0831. The van der Waals surface area contributed by atoms with E-state index in [9.17, 15) is 4.79 Å². The first-order valence-corrected chi connectivity index (χ1v) is 7.52. The summed E-state index contributed by atoms with van der Waals surface area (Å²) in [4.78, 5) is 15.3. The quantitative estimate of drug-likeness (QED) is 0.912. The highest BCUT2D eigenvalue weighted by molar-refractivity contribution is 9.10. The van der Waals surface area contributed by atoms with Crippen LogP contribution >= 0.6 is 27.3 Å². The van der Waals surface area contributed by atoms with Gasteiger partial charge in [-0.1, -0.05) is 0 Å². The van der Waals surface area contributed by atoms with Gasteiger partial charge in [-0.05, 0) is 29.0 Å². The molecule has 1 aliphatic rings. The average molecular weight is 333 g/mol. The van der Waals surface area contributed by atoms with E-state index in [1.807, 2.05) is 19.5 Å². The molecule has 1 fully saturated rings. The molecule has 1 aromatic rings. The Morgan fingerprint density at radius 1 is 1.67 bits per heavy atom. The summed E-state index contributed by atoms with van der Waals surface area (Å²) in [6, 6.07) is 2.19. The van der Waals surface area contributed by atoms with Gasteiger partial charge in [0.2, 0.25) is 5.91 Å². The molecule has 2 heterocycles. The van der Waals surface area contributed by atoms with Crippen molar-refractivity contribution in [3.05, 3.63) is 20.8 Å². The lowest BCUT2D eigenvalue weighted by Gasteiger charge is -2.23. The van der Waals surface area contributed by atoms with Gasteiger partial charge in [0.1, 0.15) is 0 Å². The lowest BCUT2D eigenvalue weighted by molar-refractivity contribution is -0.135. The van der Waals surface area contributed by atoms with E-state index in [4.69, 9.17) is 4.74 Å². The zero-order chi connectivity index (χ0) is 13.1. The molecule has 1 saturated heterocycles. The minimum Gasteiger partial charge on any atom is -0.379 e. The van der Waals surface area contributed by atoms with E-state index in [1.54, 1.807) is 16.2 Å². The van der Waals surface area contributed by atoms with E-state index in [0.29, 0.717) is 19.8 Å². The van der Waals surface area contributed by atoms with Crippen molar-refractivity contribution in [2.24, 2.45) is 5.92 Å². The molecule has 1 aromatic heterocycles. The Labute approximate surface area is 119 Å². The SMILES string of the molecule is CNC1COCC1C(=O)N(C)Cc1cc(Br)cs1. The lowest BCUT2D eigenvalue weighted by atomic mass is 10.0. The van der Waals surface area contributed by atoms with Crippen LogP contribution in [0.5, 0.6) is 0 Å². The largest absolute Gasteiger partial charge is 0.379 e. The topological polar surface area (TPSA) is 41.6 Å². The molecule has 1 N–H and O–H groups in total. The van der Waals surface area contributed by atoms with Crippen LogP contribution in [0.25, 0.3) is 0 Å². The number of nitrogens with zero attached hydrogens (tertiary/aromatic N) is 1. The molecule has 4 nitrogen and oxygen atoms in total. The van der Waals surface area contributed by atoms with E-state index in [1.165, 1.54) is 4.88 Å². The minimum atomic E-state index is -0.0663. The Morgan fingerprint density at radius 2 is 2.44 bits per heavy atom. The van der Waals surface area contributed by atoms with E-state index in [-0.39, 0.29) is 17.9 Å². The van der Waals surface area contributed by atoms with Crippen molar-refractivity contribution >= 4 is 33.2 Å². The van der Waals surface area contributed by atoms with Crippen LogP contribution in [0.1, 0.15) is 4.88 Å². The van der Waals surface area contributed by atoms with E-state index >= 15 is 0 Å². The second-order valence-corrected chi connectivity index (χ2v) is 6.38. The van der Waals surface area contributed by atoms with Crippen molar-refractivity contribution in [2.45, 2.75) is 12.6 Å². The zero-order valence-electron chi connectivity index (χ0n) is 10.5. The third-order valence-electron chi connectivity index (χ3n) is 3.16. The predicted octanol–water partition coefficient (Wildman–Crippen LogP) is 1.70. The number of halogens is 1. The van der Waals surface area contributed by atoms with Crippen molar-refractivity contribution in [2.75, 3.05) is 27.3 Å². The molecule has 1 aliphatic heterocycles. The van der Waals surface area contributed by atoms with Gasteiger partial charge < -0.3 is 15.0 Å². The average Bonchev–Trinajstić information content (AvgIpc) is 2.96. The number of thiophene rings is 1. The fourth-order valence-corrected chi connectivity index (χ4v) is 3.62. The smallest absolute Gasteiger partial charge is 0.229 e. The number of ether oxygens (including phenoxy) is 1. The Balaban J connectivity index is 1.96. The highest BCUT2D eigenvalue weighted by Gasteiger charge is 2.34. The van der Waals surface area contributed by atoms with Crippen molar-refractivity contribution in [1.82, 2.24) is 10.2 Å². The summed E-state index contributed by atoms with van der Waals surface area (Å²) in [5, 5.41) is 5.17. The van der Waals surface area contributed by atoms with Crippen LogP contribution in [-0.4, -0.2) is 44.2 Å². The van der Waals surface area contributed by atoms with Crippen LogP contribution in [-0.2, 0) is 16.1 Å². The number of hydrogen-bond acceptors (Lipinski definition) is 4. The zero-order valence-corrected chi connectivity index (χ0v) is 12.9. The maximum Gasteiger partial charge on any atom is 0.229 e. The Kier molecular flexibility index (Phi) is 4.77. The van der Waals surface area contributed by atoms with Crippen LogP contribution in [0.15, 0.2) is 15.9 Å². The Bertz CT molecular complexity index is 424. The fraction of sp³-hybridized carbons (Fsp3) is 0.583. The fourth-order valence-electron chi connectivity index (χ4n) is 2.11. The number of nitrogens with one attached hydrogen (secondary N) is 1. The molecule has 6 heteroatoms. The number of carbonyl (C=O) groups excluding carboxylic acids is 1. The second-order valence-electron chi connectivity index (χ2n) is 4.46. The first-order chi connectivity index (χ1) is 8.61. The van der Waals surface area contributed by atoms with Gasteiger partial charge in [-0.15, -0.1) is 11.3 Å². The number of amides is 1. The summed E-state index contributed by atoms with van der Waals surface area (Å²) in [6.07, 6.45) is 0. The molecule has 0 radical (unpaired) electrons. The summed E-state index contributed by atoms with van der Waals surface area (Å²) < 4.78 is 6.44. The van der Waals surface area contributed by atoms with Crippen LogP contribution < -0.4 is 5.32 Å². The lowest BCUT2D eigenvalue weighted by Crippen LogP contribution is -2.43. The molecule has 0 spiro atoms. The Hall–Kier alpha value is -0.430. The van der Waals surface area contributed by atoms with Gasteiger partial charge in [0.25, 0.3) is 0 Å². The number of rotatable bonds is 4. The van der Waals surface area contributed by atoms with Gasteiger partial charge >= 0.3 is 0 Å². The molecular weight excluding hydrogens is 316 g/mol. The first kappa shape index (κ1) is 14.0. The molecule has 18 heavy (non-hydrogen) atoms. The van der Waals surface area contributed by atoms with E-state index < -0.39 is 0 Å². The van der Waals surface area contributed by atoms with Gasteiger partial charge in [0, 0.05) is 27.8 Å². The molecule has 0 aromatic carbocycles. The Morgan fingerprint density at radius 3 is 3.06 bits per heavy atom. The summed E-state index contributed by atoms with van der Waals surface area (Å²) in [7, 11) is 3.72. The van der Waals surface area contributed by atoms with Crippen LogP contribution in [0.4, 0.5) is 0 Å². The highest BCUT2D eigenvalue weighted by atomic mass is 79.9. The van der Waals surface area contributed by atoms with Crippen LogP contribution in [0.2, 0.25) is 0 Å². The van der Waals surface area contributed by atoms with Crippen LogP contribution in [0.3, 0.4) is 0 Å². The van der Waals surface area contributed by atoms with Gasteiger partial charge in [-0.3, -0.25) is 4.79 Å². The molecule has 1 amide bonds. The highest BCUT2D eigenvalue weighted by Crippen LogP contribution is 2.22. The monoisotopic (exact) mass is 332 g/mol. The van der Waals surface area contributed by atoms with Crippen molar-refractivity contribution in [3.8, 4) is 0 Å². The molecule has 0 aliphatic carbocycles. The summed E-state index contributed by atoms with van der Waals surface area (Å²) >= 11 is 5.08. The maximum atomic E-state index is 12.3. The molecule has 0 saturated carbocycles. The van der Waals surface area contributed by atoms with Crippen molar-refractivity contribution in [1.29, 1.82) is 0 Å². The molecular formula is C12H17BrN2O2S. The molecule has 2 unspecified atom stereocenters. The standard InChI is InChI=1S/C12H17BrN2O2S/c1-14-11-6-17-5-10(11)12(16)15(2)4-9-3-8(13)7-18-9/h3,7,10-11,14H,4-6H2,1-2H3. The molecule has 100 valence electrons. The number of carbonyl (C=O) groups is 1. The minimum absolute atomic E-state index is 0.0663. The maximum absolute atomic E-state index is 12.3. The van der Waals surface area contributed by atoms with E-state index in [0.717, 1.165) is 4.47 Å². The van der Waals surface area contributed by atoms with Crippen molar-refractivity contribution < 1.29 is 9.53 Å². The first-order valence-electron chi connectivity index (χ1n) is 5.84. The third-order valence-corrected chi connectivity index (χ3v) is 4.84. The normalized spacial score (nSPS) is 23.3. The number of likely N-dealkylation sites (N-methyl/N-ethyl adjacent to an activating group) is 1.